The van der Waals surface area contributed by atoms with E-state index in [0.29, 0.717) is 19.3 Å². The lowest BCUT2D eigenvalue weighted by Crippen LogP contribution is -2.30. The van der Waals surface area contributed by atoms with Crippen molar-refractivity contribution < 1.29 is 28.6 Å². The van der Waals surface area contributed by atoms with E-state index in [0.717, 1.165) is 167 Å². The van der Waals surface area contributed by atoms with E-state index in [1.165, 1.54) is 57.8 Å². The molecule has 0 radical (unpaired) electrons. The largest absolute Gasteiger partial charge is 0.462 e. The van der Waals surface area contributed by atoms with Crippen LogP contribution in [-0.4, -0.2) is 37.2 Å². The SMILES string of the molecule is CC/C=C\C/C=C\C/C=C\C/C=C\C/C=C\C/C=C\C/C=C\CCCCCCCC(=O)OCC(COC(=O)CCCCCCC/C=C\C/C=C\CCC)OC(=O)CCCCCCC/C=C\CCCCCCCC. The van der Waals surface area contributed by atoms with Gasteiger partial charge in [-0.05, 0) is 128 Å². The summed E-state index contributed by atoms with van der Waals surface area (Å²) in [6, 6.07) is 0. The molecule has 0 heterocycles. The molecule has 73 heavy (non-hydrogen) atoms. The average Bonchev–Trinajstić information content (AvgIpc) is 3.39. The van der Waals surface area contributed by atoms with Crippen LogP contribution in [0.3, 0.4) is 0 Å². The molecule has 6 nitrogen and oxygen atoms in total. The molecule has 0 N–H and O–H groups in total. The number of carbonyl (C=O) groups excluding carboxylic acids is 3. The third-order valence-corrected chi connectivity index (χ3v) is 12.4. The molecule has 1 atom stereocenters. The first kappa shape index (κ1) is 68.8. The molecule has 0 saturated heterocycles. The normalized spacial score (nSPS) is 13.0. The van der Waals surface area contributed by atoms with Gasteiger partial charge in [0, 0.05) is 19.3 Å². The second kappa shape index (κ2) is 60.4. The number of rotatable bonds is 53. The fraction of sp³-hybridized carbons (Fsp3) is 0.657. The molecule has 0 aromatic heterocycles. The smallest absolute Gasteiger partial charge is 0.306 e. The van der Waals surface area contributed by atoms with Gasteiger partial charge in [0.05, 0.1) is 0 Å². The molecule has 0 aliphatic rings. The Balaban J connectivity index is 4.39. The Morgan fingerprint density at radius 1 is 0.288 bits per heavy atom. The van der Waals surface area contributed by atoms with Gasteiger partial charge in [0.2, 0.25) is 0 Å². The fourth-order valence-corrected chi connectivity index (χ4v) is 7.92. The Bertz CT molecular complexity index is 1540. The Hall–Kier alpha value is -4.19. The molecule has 0 aromatic rings. The lowest BCUT2D eigenvalue weighted by Gasteiger charge is -2.18. The highest BCUT2D eigenvalue weighted by Crippen LogP contribution is 2.14. The first-order chi connectivity index (χ1) is 36.0. The van der Waals surface area contributed by atoms with Crippen molar-refractivity contribution in [2.75, 3.05) is 13.2 Å². The van der Waals surface area contributed by atoms with Crippen LogP contribution in [0.15, 0.2) is 122 Å². The minimum atomic E-state index is -0.800. The highest BCUT2D eigenvalue weighted by Gasteiger charge is 2.19. The number of ether oxygens (including phenoxy) is 3. The van der Waals surface area contributed by atoms with Gasteiger partial charge in [0.25, 0.3) is 0 Å². The number of hydrogen-bond acceptors (Lipinski definition) is 6. The van der Waals surface area contributed by atoms with Gasteiger partial charge in [-0.1, -0.05) is 239 Å². The van der Waals surface area contributed by atoms with Crippen molar-refractivity contribution in [1.82, 2.24) is 0 Å². The van der Waals surface area contributed by atoms with Crippen molar-refractivity contribution in [1.29, 1.82) is 0 Å². The third kappa shape index (κ3) is 58.6. The Kier molecular flexibility index (Phi) is 56.9. The number of allylic oxidation sites excluding steroid dienone is 20. The van der Waals surface area contributed by atoms with Crippen molar-refractivity contribution in [3.63, 3.8) is 0 Å². The van der Waals surface area contributed by atoms with Crippen molar-refractivity contribution in [2.45, 2.75) is 271 Å². The summed E-state index contributed by atoms with van der Waals surface area (Å²) in [6.45, 7) is 6.42. The summed E-state index contributed by atoms with van der Waals surface area (Å²) < 4.78 is 16.8. The highest BCUT2D eigenvalue weighted by molar-refractivity contribution is 5.71. The van der Waals surface area contributed by atoms with Gasteiger partial charge in [-0.2, -0.15) is 0 Å². The lowest BCUT2D eigenvalue weighted by atomic mass is 10.1. The van der Waals surface area contributed by atoms with E-state index in [4.69, 9.17) is 14.2 Å². The molecule has 0 aromatic carbocycles. The topological polar surface area (TPSA) is 78.9 Å². The van der Waals surface area contributed by atoms with Gasteiger partial charge in [-0.3, -0.25) is 14.4 Å². The number of esters is 3. The van der Waals surface area contributed by atoms with Crippen molar-refractivity contribution in [3.8, 4) is 0 Å². The zero-order valence-corrected chi connectivity index (χ0v) is 47.4. The summed E-state index contributed by atoms with van der Waals surface area (Å²) in [4.78, 5) is 38.2. The van der Waals surface area contributed by atoms with Crippen LogP contribution >= 0.6 is 0 Å². The Morgan fingerprint density at radius 3 is 0.904 bits per heavy atom. The van der Waals surface area contributed by atoms with Crippen LogP contribution in [0.4, 0.5) is 0 Å². The van der Waals surface area contributed by atoms with E-state index in [1.807, 2.05) is 0 Å². The van der Waals surface area contributed by atoms with Crippen LogP contribution in [0.2, 0.25) is 0 Å². The molecule has 414 valence electrons. The minimum absolute atomic E-state index is 0.0972. The first-order valence-corrected chi connectivity index (χ1v) is 30.0. The van der Waals surface area contributed by atoms with Gasteiger partial charge in [-0.15, -0.1) is 0 Å². The first-order valence-electron chi connectivity index (χ1n) is 30.0. The maximum Gasteiger partial charge on any atom is 0.306 e. The van der Waals surface area contributed by atoms with E-state index < -0.39 is 6.10 Å². The van der Waals surface area contributed by atoms with Gasteiger partial charge in [-0.25, -0.2) is 0 Å². The minimum Gasteiger partial charge on any atom is -0.462 e. The standard InChI is InChI=1S/C67H110O6/c1-4-7-10-13-16-19-22-25-27-28-29-30-31-32-33-34-35-36-37-38-40-42-45-48-51-54-57-60-66(69)72-63-64(62-71-65(68)59-56-53-50-47-44-41-24-21-18-15-12-9-6-3)73-67(70)61-58-55-52-49-46-43-39-26-23-20-17-14-11-8-5-2/h7,10,12,15-16,19,21,24-27,29-30,32-33,35-36,38-40,64H,4-6,8-9,11,13-14,17-18,20,22-23,28,31,34,37,41-63H2,1-3H3/b10-7-,15-12-,19-16-,24-21-,27-25-,30-29-,33-32-,36-35-,39-26-,40-38-. The highest BCUT2D eigenvalue weighted by atomic mass is 16.6. The predicted octanol–water partition coefficient (Wildman–Crippen LogP) is 20.4. The quantitative estimate of drug-likeness (QED) is 0.0261. The zero-order valence-electron chi connectivity index (χ0n) is 47.4. The van der Waals surface area contributed by atoms with E-state index >= 15 is 0 Å². The molecule has 6 heteroatoms. The molecule has 0 amide bonds. The molecular formula is C67H110O6. The van der Waals surface area contributed by atoms with E-state index in [1.54, 1.807) is 0 Å². The Labute approximate surface area is 450 Å². The van der Waals surface area contributed by atoms with Crippen molar-refractivity contribution in [3.05, 3.63) is 122 Å². The van der Waals surface area contributed by atoms with Gasteiger partial charge >= 0.3 is 17.9 Å². The molecule has 0 saturated carbocycles. The van der Waals surface area contributed by atoms with Crippen LogP contribution < -0.4 is 0 Å². The maximum absolute atomic E-state index is 12.9. The molecule has 0 aliphatic heterocycles. The van der Waals surface area contributed by atoms with Crippen molar-refractivity contribution in [2.24, 2.45) is 0 Å². The summed E-state index contributed by atoms with van der Waals surface area (Å²) in [5, 5.41) is 0. The summed E-state index contributed by atoms with van der Waals surface area (Å²) in [7, 11) is 0. The average molecular weight is 1010 g/mol. The van der Waals surface area contributed by atoms with Crippen molar-refractivity contribution >= 4 is 17.9 Å². The van der Waals surface area contributed by atoms with Crippen LogP contribution in [0, 0.1) is 0 Å². The van der Waals surface area contributed by atoms with Crippen LogP contribution in [0.25, 0.3) is 0 Å². The summed E-state index contributed by atoms with van der Waals surface area (Å²) in [5.74, 6) is -0.939. The molecule has 0 bridgehead atoms. The van der Waals surface area contributed by atoms with Gasteiger partial charge < -0.3 is 14.2 Å². The fourth-order valence-electron chi connectivity index (χ4n) is 7.92. The summed E-state index contributed by atoms with van der Waals surface area (Å²) >= 11 is 0. The lowest BCUT2D eigenvalue weighted by molar-refractivity contribution is -0.167. The third-order valence-electron chi connectivity index (χ3n) is 12.4. The molecule has 0 aliphatic carbocycles. The van der Waals surface area contributed by atoms with E-state index in [2.05, 4.69) is 142 Å². The number of unbranched alkanes of at least 4 members (excludes halogenated alkanes) is 22. The molecular weight excluding hydrogens is 901 g/mol. The number of hydrogen-bond donors (Lipinski definition) is 0. The molecule has 1 unspecified atom stereocenters. The number of carbonyl (C=O) groups is 3. The monoisotopic (exact) mass is 1010 g/mol. The van der Waals surface area contributed by atoms with Crippen LogP contribution in [-0.2, 0) is 28.6 Å². The van der Waals surface area contributed by atoms with E-state index in [-0.39, 0.29) is 31.1 Å². The Morgan fingerprint density at radius 2 is 0.562 bits per heavy atom. The second-order valence-electron chi connectivity index (χ2n) is 19.5. The molecule has 0 fully saturated rings. The maximum atomic E-state index is 12.9. The van der Waals surface area contributed by atoms with Gasteiger partial charge in [0.1, 0.15) is 13.2 Å². The second-order valence-corrected chi connectivity index (χ2v) is 19.5. The zero-order chi connectivity index (χ0) is 52.9. The van der Waals surface area contributed by atoms with Gasteiger partial charge in [0.15, 0.2) is 6.10 Å². The van der Waals surface area contributed by atoms with Crippen LogP contribution in [0.1, 0.15) is 265 Å². The predicted molar refractivity (Wildman–Crippen MR) is 316 cm³/mol. The molecule has 0 rings (SSSR count). The summed E-state index contributed by atoms with van der Waals surface area (Å²) in [5.41, 5.74) is 0. The summed E-state index contributed by atoms with van der Waals surface area (Å²) in [6.07, 6.45) is 83.3. The molecule has 0 spiro atoms. The van der Waals surface area contributed by atoms with E-state index in [9.17, 15) is 14.4 Å². The van der Waals surface area contributed by atoms with Crippen LogP contribution in [0.5, 0.6) is 0 Å².